The summed E-state index contributed by atoms with van der Waals surface area (Å²) in [6, 6.07) is -1.02. The zero-order valence-corrected chi connectivity index (χ0v) is 53.9. The molecule has 0 bridgehead atoms. The molecule has 6 N–H and O–H groups in total. The van der Waals surface area contributed by atoms with E-state index in [-0.39, 0.29) is 13.0 Å². The van der Waals surface area contributed by atoms with Crippen LogP contribution in [0.3, 0.4) is 0 Å². The minimum absolute atomic E-state index is 0.130. The highest BCUT2D eigenvalue weighted by molar-refractivity contribution is 5.80. The Balaban J connectivity index is 2.53. The first kappa shape index (κ1) is 78.2. The second-order valence-electron chi connectivity index (χ2n) is 25.0. The van der Waals surface area contributed by atoms with Crippen LogP contribution < -0.4 is 5.32 Å². The summed E-state index contributed by atoms with van der Waals surface area (Å²) in [6.07, 6.45) is 60.9. The van der Waals surface area contributed by atoms with Crippen LogP contribution in [-0.2, 0) is 23.8 Å². The predicted molar refractivity (Wildman–Crippen MR) is 343 cm³/mol. The summed E-state index contributed by atoms with van der Waals surface area (Å²) < 4.78 is 17.7. The third-order valence-corrected chi connectivity index (χ3v) is 17.1. The van der Waals surface area contributed by atoms with Crippen molar-refractivity contribution in [3.05, 3.63) is 24.3 Å². The van der Waals surface area contributed by atoms with E-state index < -0.39 is 67.4 Å². The molecule has 0 aromatic carbocycles. The van der Waals surface area contributed by atoms with Crippen LogP contribution in [0.2, 0.25) is 0 Å². The molecule has 11 nitrogen and oxygen atoms in total. The van der Waals surface area contributed by atoms with Crippen molar-refractivity contribution in [1.82, 2.24) is 5.32 Å². The quantitative estimate of drug-likeness (QED) is 0.0195. The lowest BCUT2D eigenvalue weighted by Crippen LogP contribution is -2.61. The maximum Gasteiger partial charge on any atom is 0.306 e. The predicted octanol–water partition coefficient (Wildman–Crippen LogP) is 18.0. The number of allylic oxidation sites excluding steroid dienone is 3. The van der Waals surface area contributed by atoms with Gasteiger partial charge in [0.2, 0.25) is 5.91 Å². The molecule has 0 saturated carbocycles. The summed E-state index contributed by atoms with van der Waals surface area (Å²) in [5.74, 6) is -1.17. The Labute approximate surface area is 505 Å². The topological polar surface area (TPSA) is 175 Å². The summed E-state index contributed by atoms with van der Waals surface area (Å²) in [5.41, 5.74) is 0. The largest absolute Gasteiger partial charge is 0.454 e. The number of rotatable bonds is 62. The molecule has 1 rings (SSSR count). The zero-order chi connectivity index (χ0) is 59.6. The van der Waals surface area contributed by atoms with Gasteiger partial charge in [0, 0.05) is 6.42 Å². The summed E-state index contributed by atoms with van der Waals surface area (Å²) in [4.78, 5) is 26.6. The van der Waals surface area contributed by atoms with E-state index in [4.69, 9.17) is 14.2 Å². The molecular weight excluding hydrogens is 1030 g/mol. The number of ether oxygens (including phenoxy) is 3. The third-order valence-electron chi connectivity index (χ3n) is 17.1. The van der Waals surface area contributed by atoms with Crippen molar-refractivity contribution < 1.29 is 49.3 Å². The van der Waals surface area contributed by atoms with Crippen molar-refractivity contribution >= 4 is 11.9 Å². The van der Waals surface area contributed by atoms with Crippen molar-refractivity contribution in [3.63, 3.8) is 0 Å². The van der Waals surface area contributed by atoms with Gasteiger partial charge in [-0.1, -0.05) is 321 Å². The third kappa shape index (κ3) is 46.4. The standard InChI is InChI=1S/C71H135NO10/c1-4-7-10-13-16-19-22-25-27-28-29-30-31-32-33-34-35-36-37-39-40-43-46-49-52-55-58-64(75)70(79)72-62(63(74)57-54-51-48-45-42-24-21-18-15-12-9-6-3)61-80-71-69(68(78)67(77)65(60-73)81-71)82-66(76)59-56-53-50-47-44-41-38-26-23-20-17-14-11-8-5-2/h25,27,54,57,62-65,67-69,71,73-75,77-78H,4-24,26,28-53,55-56,58-61H2,1-3H3,(H,72,79)/b27-25+,57-54+. The van der Waals surface area contributed by atoms with E-state index >= 15 is 0 Å². The number of hydrogen-bond acceptors (Lipinski definition) is 10. The molecular formula is C71H135NO10. The molecule has 1 aliphatic heterocycles. The van der Waals surface area contributed by atoms with Gasteiger partial charge in [0.15, 0.2) is 12.4 Å². The number of amides is 1. The number of carbonyl (C=O) groups excluding carboxylic acids is 2. The Kier molecular flexibility index (Phi) is 56.7. The number of hydrogen-bond donors (Lipinski definition) is 6. The Morgan fingerprint density at radius 3 is 1.18 bits per heavy atom. The van der Waals surface area contributed by atoms with Gasteiger partial charge < -0.3 is 45.1 Å². The van der Waals surface area contributed by atoms with Crippen molar-refractivity contribution in [2.24, 2.45) is 0 Å². The van der Waals surface area contributed by atoms with E-state index in [1.54, 1.807) is 6.08 Å². The lowest BCUT2D eigenvalue weighted by molar-refractivity contribution is -0.305. The Bertz CT molecular complexity index is 1430. The van der Waals surface area contributed by atoms with Gasteiger partial charge in [0.05, 0.1) is 25.4 Å². The summed E-state index contributed by atoms with van der Waals surface area (Å²) in [6.45, 7) is 5.84. The zero-order valence-electron chi connectivity index (χ0n) is 53.9. The van der Waals surface area contributed by atoms with Crippen LogP contribution in [0.25, 0.3) is 0 Å². The maximum absolute atomic E-state index is 13.5. The molecule has 1 heterocycles. The fourth-order valence-corrected chi connectivity index (χ4v) is 11.5. The molecule has 0 aromatic heterocycles. The van der Waals surface area contributed by atoms with E-state index in [1.165, 1.54) is 250 Å². The van der Waals surface area contributed by atoms with Gasteiger partial charge in [-0.25, -0.2) is 0 Å². The molecule has 82 heavy (non-hydrogen) atoms. The molecule has 0 spiro atoms. The van der Waals surface area contributed by atoms with Gasteiger partial charge in [-0.3, -0.25) is 9.59 Å². The highest BCUT2D eigenvalue weighted by Crippen LogP contribution is 2.26. The second kappa shape index (κ2) is 59.5. The molecule has 1 fully saturated rings. The number of nitrogens with one attached hydrogen (secondary N) is 1. The average molecular weight is 1160 g/mol. The van der Waals surface area contributed by atoms with Crippen LogP contribution in [0.5, 0.6) is 0 Å². The van der Waals surface area contributed by atoms with Crippen LogP contribution in [0, 0.1) is 0 Å². The van der Waals surface area contributed by atoms with Gasteiger partial charge in [0.25, 0.3) is 0 Å². The van der Waals surface area contributed by atoms with Crippen molar-refractivity contribution in [3.8, 4) is 0 Å². The molecule has 8 unspecified atom stereocenters. The normalized spacial score (nSPS) is 18.7. The number of aliphatic hydroxyl groups excluding tert-OH is 5. The molecule has 8 atom stereocenters. The first-order valence-electron chi connectivity index (χ1n) is 35.6. The van der Waals surface area contributed by atoms with Crippen molar-refractivity contribution in [2.75, 3.05) is 13.2 Å². The minimum atomic E-state index is -1.61. The molecule has 484 valence electrons. The van der Waals surface area contributed by atoms with E-state index in [0.717, 1.165) is 57.8 Å². The summed E-state index contributed by atoms with van der Waals surface area (Å²) in [7, 11) is 0. The van der Waals surface area contributed by atoms with Crippen LogP contribution in [0.4, 0.5) is 0 Å². The number of esters is 1. The fraction of sp³-hybridized carbons (Fsp3) is 0.915. The first-order chi connectivity index (χ1) is 40.2. The molecule has 0 aromatic rings. The van der Waals surface area contributed by atoms with Gasteiger partial charge in [-0.05, 0) is 51.4 Å². The Morgan fingerprint density at radius 2 is 0.805 bits per heavy atom. The van der Waals surface area contributed by atoms with Crippen molar-refractivity contribution in [1.29, 1.82) is 0 Å². The van der Waals surface area contributed by atoms with Gasteiger partial charge in [-0.15, -0.1) is 0 Å². The molecule has 11 heteroatoms. The molecule has 0 radical (unpaired) electrons. The van der Waals surface area contributed by atoms with Gasteiger partial charge in [-0.2, -0.15) is 0 Å². The van der Waals surface area contributed by atoms with Gasteiger partial charge >= 0.3 is 5.97 Å². The summed E-state index contributed by atoms with van der Waals surface area (Å²) in [5, 5.41) is 57.2. The fourth-order valence-electron chi connectivity index (χ4n) is 11.5. The van der Waals surface area contributed by atoms with E-state index in [2.05, 4.69) is 38.2 Å². The van der Waals surface area contributed by atoms with Crippen LogP contribution in [0.15, 0.2) is 24.3 Å². The van der Waals surface area contributed by atoms with Crippen LogP contribution >= 0.6 is 0 Å². The number of carbonyl (C=O) groups is 2. The molecule has 0 aliphatic carbocycles. The highest BCUT2D eigenvalue weighted by atomic mass is 16.7. The Morgan fingerprint density at radius 1 is 0.463 bits per heavy atom. The van der Waals surface area contributed by atoms with Crippen molar-refractivity contribution in [2.45, 2.75) is 404 Å². The molecule has 1 amide bonds. The maximum atomic E-state index is 13.5. The van der Waals surface area contributed by atoms with Crippen LogP contribution in [0.1, 0.15) is 355 Å². The Hall–Kier alpha value is -1.86. The lowest BCUT2D eigenvalue weighted by Gasteiger charge is -2.41. The van der Waals surface area contributed by atoms with E-state index in [9.17, 15) is 35.1 Å². The number of unbranched alkanes of at least 4 members (excludes halogenated alkanes) is 46. The van der Waals surface area contributed by atoms with E-state index in [0.29, 0.717) is 19.3 Å². The average Bonchev–Trinajstić information content (AvgIpc) is 3.68. The molecule has 1 aliphatic rings. The second-order valence-corrected chi connectivity index (χ2v) is 25.0. The van der Waals surface area contributed by atoms with Crippen LogP contribution in [-0.4, -0.2) is 99.6 Å². The smallest absolute Gasteiger partial charge is 0.306 e. The first-order valence-corrected chi connectivity index (χ1v) is 35.6. The lowest BCUT2D eigenvalue weighted by atomic mass is 9.99. The SMILES string of the molecule is CCCCCCCC/C=C/CCCCCCCCCCCCCCCCCCC(O)C(=O)NC(COC1OC(CO)C(O)C(O)C1OC(=O)CCCCCCCCCCCCCCCCC)C(O)/C=C/CCCCCCCCCCCC. The highest BCUT2D eigenvalue weighted by Gasteiger charge is 2.47. The summed E-state index contributed by atoms with van der Waals surface area (Å²) >= 11 is 0. The minimum Gasteiger partial charge on any atom is -0.454 e. The van der Waals surface area contributed by atoms with Gasteiger partial charge in [0.1, 0.15) is 24.4 Å². The monoisotopic (exact) mass is 1160 g/mol. The molecule has 1 saturated heterocycles. The van der Waals surface area contributed by atoms with E-state index in [1.807, 2.05) is 6.08 Å². The number of aliphatic hydroxyl groups is 5.